The molecule has 1 aliphatic rings. The van der Waals surface area contributed by atoms with Crippen molar-refractivity contribution in [3.05, 3.63) is 82.9 Å². The lowest BCUT2D eigenvalue weighted by Gasteiger charge is -2.13. The Labute approximate surface area is 188 Å². The van der Waals surface area contributed by atoms with Gasteiger partial charge in [0.2, 0.25) is 11.5 Å². The summed E-state index contributed by atoms with van der Waals surface area (Å²) >= 11 is 0. The van der Waals surface area contributed by atoms with E-state index in [-0.39, 0.29) is 33.9 Å². The third kappa shape index (κ3) is 4.23. The zero-order valence-corrected chi connectivity index (χ0v) is 18.0. The molecule has 0 saturated heterocycles. The summed E-state index contributed by atoms with van der Waals surface area (Å²) in [4.78, 5) is 25.3. The number of allylic oxidation sites excluding steroid dienone is 1. The van der Waals surface area contributed by atoms with E-state index in [0.29, 0.717) is 17.2 Å². The van der Waals surface area contributed by atoms with Gasteiger partial charge < -0.3 is 23.7 Å². The third-order valence-corrected chi connectivity index (χ3v) is 4.94. The molecule has 1 heterocycles. The van der Waals surface area contributed by atoms with Gasteiger partial charge in [-0.05, 0) is 36.4 Å². The normalized spacial score (nSPS) is 13.3. The van der Waals surface area contributed by atoms with Gasteiger partial charge in [0.05, 0.1) is 32.5 Å². The highest BCUT2D eigenvalue weighted by atomic mass is 19.1. The molecule has 0 atom stereocenters. The van der Waals surface area contributed by atoms with Gasteiger partial charge in [0.1, 0.15) is 17.3 Å². The molecular formula is C25H19FO7. The SMILES string of the molecule is COc1cc(C(=O)Oc2ccc3c(c2)OC(=Cc2ccccc2F)C3=O)cc(OC)c1OC. The fourth-order valence-electron chi connectivity index (χ4n) is 3.33. The standard InChI is InChI=1S/C25H19FO7/c1-29-21-11-15(12-22(30-2)24(21)31-3)25(28)32-16-8-9-17-19(13-16)33-20(23(17)27)10-14-6-4-5-7-18(14)26/h4-13H,1-3H3. The number of Topliss-reactive ketones (excluding diaryl/α,β-unsaturated/α-hetero) is 1. The summed E-state index contributed by atoms with van der Waals surface area (Å²) in [6, 6.07) is 13.3. The fraction of sp³-hybridized carbons (Fsp3) is 0.120. The molecule has 0 aliphatic carbocycles. The van der Waals surface area contributed by atoms with Crippen molar-refractivity contribution in [1.29, 1.82) is 0 Å². The number of rotatable bonds is 6. The highest BCUT2D eigenvalue weighted by Crippen LogP contribution is 2.39. The van der Waals surface area contributed by atoms with Crippen molar-refractivity contribution < 1.29 is 37.7 Å². The molecule has 8 heteroatoms. The Kier molecular flexibility index (Phi) is 5.99. The number of fused-ring (bicyclic) bond motifs is 1. The second-order valence-corrected chi connectivity index (χ2v) is 6.92. The van der Waals surface area contributed by atoms with Crippen LogP contribution in [0.5, 0.6) is 28.7 Å². The molecule has 0 N–H and O–H groups in total. The zero-order valence-electron chi connectivity index (χ0n) is 18.0. The van der Waals surface area contributed by atoms with Crippen molar-refractivity contribution in [1.82, 2.24) is 0 Å². The van der Waals surface area contributed by atoms with Crippen LogP contribution in [0.1, 0.15) is 26.3 Å². The molecule has 0 spiro atoms. The third-order valence-electron chi connectivity index (χ3n) is 4.94. The molecule has 4 rings (SSSR count). The number of carbonyl (C=O) groups excluding carboxylic acids is 2. The Balaban J connectivity index is 1.58. The maximum Gasteiger partial charge on any atom is 0.343 e. The van der Waals surface area contributed by atoms with Crippen LogP contribution < -0.4 is 23.7 Å². The topological polar surface area (TPSA) is 80.3 Å². The second kappa shape index (κ2) is 9.04. The second-order valence-electron chi connectivity index (χ2n) is 6.92. The van der Waals surface area contributed by atoms with E-state index in [4.69, 9.17) is 23.7 Å². The van der Waals surface area contributed by atoms with Gasteiger partial charge in [0.15, 0.2) is 17.3 Å². The molecular weight excluding hydrogens is 431 g/mol. The van der Waals surface area contributed by atoms with E-state index in [1.54, 1.807) is 12.1 Å². The van der Waals surface area contributed by atoms with E-state index in [9.17, 15) is 14.0 Å². The van der Waals surface area contributed by atoms with Gasteiger partial charge in [-0.15, -0.1) is 0 Å². The van der Waals surface area contributed by atoms with Crippen molar-refractivity contribution in [2.24, 2.45) is 0 Å². The number of hydrogen-bond acceptors (Lipinski definition) is 7. The van der Waals surface area contributed by atoms with E-state index in [2.05, 4.69) is 0 Å². The molecule has 1 aliphatic heterocycles. The van der Waals surface area contributed by atoms with Crippen molar-refractivity contribution in [2.75, 3.05) is 21.3 Å². The van der Waals surface area contributed by atoms with E-state index in [1.165, 1.54) is 69.9 Å². The maximum absolute atomic E-state index is 13.9. The van der Waals surface area contributed by atoms with Crippen molar-refractivity contribution >= 4 is 17.8 Å². The first kappa shape index (κ1) is 21.9. The van der Waals surface area contributed by atoms with Crippen LogP contribution in [0.2, 0.25) is 0 Å². The number of benzene rings is 3. The highest BCUT2D eigenvalue weighted by molar-refractivity contribution is 6.14. The van der Waals surface area contributed by atoms with Crippen LogP contribution in [0.3, 0.4) is 0 Å². The molecule has 7 nitrogen and oxygen atoms in total. The first-order valence-corrected chi connectivity index (χ1v) is 9.80. The number of methoxy groups -OCH3 is 3. The smallest absolute Gasteiger partial charge is 0.343 e. The minimum absolute atomic E-state index is 0.0248. The summed E-state index contributed by atoms with van der Waals surface area (Å²) in [5.74, 6) is -0.262. The predicted octanol–water partition coefficient (Wildman–Crippen LogP) is 4.69. The monoisotopic (exact) mass is 450 g/mol. The van der Waals surface area contributed by atoms with Gasteiger partial charge in [-0.1, -0.05) is 18.2 Å². The summed E-state index contributed by atoms with van der Waals surface area (Å²) in [7, 11) is 4.33. The number of ether oxygens (including phenoxy) is 5. The fourth-order valence-corrected chi connectivity index (χ4v) is 3.33. The van der Waals surface area contributed by atoms with Crippen molar-refractivity contribution in [3.8, 4) is 28.7 Å². The summed E-state index contributed by atoms with van der Waals surface area (Å²) in [6.45, 7) is 0. The molecule has 0 amide bonds. The van der Waals surface area contributed by atoms with E-state index >= 15 is 0 Å². The zero-order chi connectivity index (χ0) is 23.5. The Hall–Kier alpha value is -4.33. The van der Waals surface area contributed by atoms with E-state index in [0.717, 1.165) is 0 Å². The number of ketones is 1. The predicted molar refractivity (Wildman–Crippen MR) is 117 cm³/mol. The first-order chi connectivity index (χ1) is 15.9. The Morgan fingerprint density at radius 3 is 2.27 bits per heavy atom. The average molecular weight is 450 g/mol. The van der Waals surface area contributed by atoms with Gasteiger partial charge in [0.25, 0.3) is 0 Å². The number of hydrogen-bond donors (Lipinski definition) is 0. The van der Waals surface area contributed by atoms with Gasteiger partial charge >= 0.3 is 5.97 Å². The number of halogens is 1. The molecule has 33 heavy (non-hydrogen) atoms. The van der Waals surface area contributed by atoms with Gasteiger partial charge in [-0.3, -0.25) is 4.79 Å². The van der Waals surface area contributed by atoms with E-state index < -0.39 is 17.6 Å². The molecule has 0 saturated carbocycles. The maximum atomic E-state index is 13.9. The molecule has 168 valence electrons. The summed E-state index contributed by atoms with van der Waals surface area (Å²) in [5.41, 5.74) is 0.676. The van der Waals surface area contributed by atoms with E-state index in [1.807, 2.05) is 0 Å². The first-order valence-electron chi connectivity index (χ1n) is 9.80. The molecule has 0 bridgehead atoms. The minimum Gasteiger partial charge on any atom is -0.493 e. The summed E-state index contributed by atoms with van der Waals surface area (Å²) in [5, 5.41) is 0. The van der Waals surface area contributed by atoms with Crippen molar-refractivity contribution in [2.45, 2.75) is 0 Å². The van der Waals surface area contributed by atoms with Crippen LogP contribution in [0.25, 0.3) is 6.08 Å². The van der Waals surface area contributed by atoms with Crippen LogP contribution in [0.4, 0.5) is 4.39 Å². The molecule has 0 radical (unpaired) electrons. The summed E-state index contributed by atoms with van der Waals surface area (Å²) < 4.78 is 40.7. The van der Waals surface area contributed by atoms with Crippen LogP contribution >= 0.6 is 0 Å². The lowest BCUT2D eigenvalue weighted by atomic mass is 10.1. The molecule has 0 fully saturated rings. The lowest BCUT2D eigenvalue weighted by molar-refractivity contribution is 0.0733. The van der Waals surface area contributed by atoms with Crippen molar-refractivity contribution in [3.63, 3.8) is 0 Å². The minimum atomic E-state index is -0.680. The number of carbonyl (C=O) groups is 2. The van der Waals surface area contributed by atoms with Gasteiger partial charge in [0, 0.05) is 11.6 Å². The molecule has 0 aromatic heterocycles. The highest BCUT2D eigenvalue weighted by Gasteiger charge is 2.28. The largest absolute Gasteiger partial charge is 0.493 e. The molecule has 3 aromatic carbocycles. The van der Waals surface area contributed by atoms with Crippen LogP contribution in [-0.2, 0) is 0 Å². The average Bonchev–Trinajstić information content (AvgIpc) is 3.13. The Bertz CT molecular complexity index is 1250. The molecule has 3 aromatic rings. The lowest BCUT2D eigenvalue weighted by Crippen LogP contribution is -2.09. The van der Waals surface area contributed by atoms with Crippen LogP contribution in [0.15, 0.2) is 60.4 Å². The Morgan fingerprint density at radius 1 is 0.939 bits per heavy atom. The van der Waals surface area contributed by atoms with Crippen LogP contribution in [-0.4, -0.2) is 33.1 Å². The quantitative estimate of drug-likeness (QED) is 0.306. The number of esters is 1. The van der Waals surface area contributed by atoms with Gasteiger partial charge in [-0.2, -0.15) is 0 Å². The van der Waals surface area contributed by atoms with Crippen LogP contribution in [0, 0.1) is 5.82 Å². The molecule has 0 unspecified atom stereocenters. The summed E-state index contributed by atoms with van der Waals surface area (Å²) in [6.07, 6.45) is 1.33. The Morgan fingerprint density at radius 2 is 1.64 bits per heavy atom. The van der Waals surface area contributed by atoms with Gasteiger partial charge in [-0.25, -0.2) is 9.18 Å².